The number of unbranched alkanes of at least 4 members (excludes halogenated alkanes) is 19. The second-order valence-electron chi connectivity index (χ2n) is 14.7. The summed E-state index contributed by atoms with van der Waals surface area (Å²) in [6, 6.07) is -1.03. The molecule has 0 saturated carbocycles. The van der Waals surface area contributed by atoms with Gasteiger partial charge in [-0.1, -0.05) is 142 Å². The Balaban J connectivity index is 2.61. The summed E-state index contributed by atoms with van der Waals surface area (Å²) in [6.07, 6.45) is 18.5. The lowest BCUT2D eigenvalue weighted by atomic mass is 9.99. The summed E-state index contributed by atoms with van der Waals surface area (Å²) in [6.45, 7) is 3.21. The molecule has 1 aliphatic rings. The maximum Gasteiger partial charge on any atom is 0.397 e. The van der Waals surface area contributed by atoms with E-state index in [1.54, 1.807) is 0 Å². The number of aliphatic hydroxyl groups is 5. The second-order valence-corrected chi connectivity index (χ2v) is 15.8. The number of hydrogen-bond donors (Lipinski definition) is 7. The SMILES string of the molecule is CCCCCCCCC/C=C\CCCCCCC(O)C(=O)NC(COC1OC(CO)C(O)C(OS(=O)(=O)O)C1O)C(O)CCCCCCCCCCC. The van der Waals surface area contributed by atoms with Crippen molar-refractivity contribution in [1.29, 1.82) is 0 Å². The van der Waals surface area contributed by atoms with E-state index in [1.807, 2.05) is 0 Å². The summed E-state index contributed by atoms with van der Waals surface area (Å²) in [7, 11) is -5.10. The highest BCUT2D eigenvalue weighted by atomic mass is 32.3. The lowest BCUT2D eigenvalue weighted by molar-refractivity contribution is -0.298. The number of carbonyl (C=O) groups excluding carboxylic acids is 1. The molecule has 7 N–H and O–H groups in total. The first-order chi connectivity index (χ1) is 25.4. The molecule has 53 heavy (non-hydrogen) atoms. The highest BCUT2D eigenvalue weighted by molar-refractivity contribution is 7.80. The molecule has 0 spiro atoms. The van der Waals surface area contributed by atoms with E-state index in [9.17, 15) is 38.7 Å². The van der Waals surface area contributed by atoms with Crippen molar-refractivity contribution in [3.05, 3.63) is 12.2 Å². The van der Waals surface area contributed by atoms with Crippen molar-refractivity contribution in [3.8, 4) is 0 Å². The second kappa shape index (κ2) is 31.0. The Labute approximate surface area is 320 Å². The van der Waals surface area contributed by atoms with Crippen molar-refractivity contribution >= 4 is 16.3 Å². The molecule has 1 amide bonds. The molecule has 0 aromatic rings. The average molecular weight is 782 g/mol. The Morgan fingerprint density at radius 1 is 0.736 bits per heavy atom. The molecule has 314 valence electrons. The Kier molecular flexibility index (Phi) is 29.1. The van der Waals surface area contributed by atoms with Crippen molar-refractivity contribution in [3.63, 3.8) is 0 Å². The third-order valence-corrected chi connectivity index (χ3v) is 10.4. The van der Waals surface area contributed by atoms with Gasteiger partial charge in [0, 0.05) is 0 Å². The van der Waals surface area contributed by atoms with Gasteiger partial charge in [-0.2, -0.15) is 8.42 Å². The van der Waals surface area contributed by atoms with Crippen molar-refractivity contribution in [2.75, 3.05) is 13.2 Å². The third-order valence-electron chi connectivity index (χ3n) is 9.93. The summed E-state index contributed by atoms with van der Waals surface area (Å²) in [4.78, 5) is 13.0. The van der Waals surface area contributed by atoms with E-state index in [0.29, 0.717) is 19.3 Å². The smallest absolute Gasteiger partial charge is 0.394 e. The van der Waals surface area contributed by atoms with Gasteiger partial charge in [-0.3, -0.25) is 9.35 Å². The lowest BCUT2D eigenvalue weighted by Crippen LogP contribution is -2.61. The fraction of sp³-hybridized carbons (Fsp3) is 0.923. The van der Waals surface area contributed by atoms with E-state index < -0.39 is 78.5 Å². The van der Waals surface area contributed by atoms with Crippen LogP contribution < -0.4 is 5.32 Å². The first-order valence-electron chi connectivity index (χ1n) is 20.7. The molecule has 1 heterocycles. The molecular weight excluding hydrogens is 706 g/mol. The van der Waals surface area contributed by atoms with Crippen LogP contribution in [0.5, 0.6) is 0 Å². The van der Waals surface area contributed by atoms with Crippen LogP contribution in [-0.2, 0) is 28.9 Å². The maximum absolute atomic E-state index is 13.0. The van der Waals surface area contributed by atoms with Crippen LogP contribution in [0.2, 0.25) is 0 Å². The molecule has 0 aromatic carbocycles. The average Bonchev–Trinajstić information content (AvgIpc) is 3.12. The standard InChI is InChI=1S/C39H75NO12S/c1-3-5-7-9-11-13-14-15-16-17-18-20-22-24-26-28-33(43)38(46)40-31(32(42)27-25-23-21-19-12-10-8-6-4-2)30-50-39-36(45)37(52-53(47,48)49)35(44)34(29-41)51-39/h16-17,31-37,39,41-45H,3-15,18-30H2,1-2H3,(H,40,46)(H,47,48,49)/b17-16-. The Hall–Kier alpha value is -1.20. The van der Waals surface area contributed by atoms with Gasteiger partial charge in [-0.25, -0.2) is 4.18 Å². The van der Waals surface area contributed by atoms with Crippen LogP contribution in [0.1, 0.15) is 168 Å². The van der Waals surface area contributed by atoms with Gasteiger partial charge >= 0.3 is 10.4 Å². The minimum atomic E-state index is -5.10. The van der Waals surface area contributed by atoms with Crippen LogP contribution in [0.4, 0.5) is 0 Å². The Morgan fingerprint density at radius 3 is 1.70 bits per heavy atom. The molecule has 14 heteroatoms. The van der Waals surface area contributed by atoms with Crippen molar-refractivity contribution in [2.45, 2.75) is 217 Å². The summed E-state index contributed by atoms with van der Waals surface area (Å²) in [5.74, 6) is -0.681. The summed E-state index contributed by atoms with van der Waals surface area (Å²) in [5, 5.41) is 55.0. The Bertz CT molecular complexity index is 1030. The third kappa shape index (κ3) is 24.1. The van der Waals surface area contributed by atoms with Crippen molar-refractivity contribution in [1.82, 2.24) is 5.32 Å². The van der Waals surface area contributed by atoms with Crippen molar-refractivity contribution < 1.29 is 57.0 Å². The van der Waals surface area contributed by atoms with Crippen LogP contribution in [-0.4, -0.2) is 107 Å². The number of aliphatic hydroxyl groups excluding tert-OH is 5. The predicted octanol–water partition coefficient (Wildman–Crippen LogP) is 5.80. The highest BCUT2D eigenvalue weighted by Gasteiger charge is 2.48. The van der Waals surface area contributed by atoms with Gasteiger partial charge in [0.25, 0.3) is 0 Å². The van der Waals surface area contributed by atoms with Crippen LogP contribution in [0, 0.1) is 0 Å². The normalized spacial score (nSPS) is 22.6. The summed E-state index contributed by atoms with van der Waals surface area (Å²) in [5.41, 5.74) is 0. The molecule has 1 fully saturated rings. The zero-order chi connectivity index (χ0) is 39.3. The summed E-state index contributed by atoms with van der Waals surface area (Å²) < 4.78 is 47.3. The van der Waals surface area contributed by atoms with E-state index in [2.05, 4.69) is 35.5 Å². The van der Waals surface area contributed by atoms with E-state index in [1.165, 1.54) is 77.0 Å². The van der Waals surface area contributed by atoms with E-state index >= 15 is 0 Å². The molecule has 1 saturated heterocycles. The monoisotopic (exact) mass is 782 g/mol. The van der Waals surface area contributed by atoms with Crippen LogP contribution >= 0.6 is 0 Å². The molecule has 13 nitrogen and oxygen atoms in total. The molecule has 1 rings (SSSR count). The molecule has 8 atom stereocenters. The highest BCUT2D eigenvalue weighted by Crippen LogP contribution is 2.26. The summed E-state index contributed by atoms with van der Waals surface area (Å²) >= 11 is 0. The molecule has 0 bridgehead atoms. The van der Waals surface area contributed by atoms with Crippen LogP contribution in [0.3, 0.4) is 0 Å². The number of carbonyl (C=O) groups is 1. The fourth-order valence-corrected chi connectivity index (χ4v) is 7.08. The van der Waals surface area contributed by atoms with Crippen LogP contribution in [0.15, 0.2) is 12.2 Å². The Morgan fingerprint density at radius 2 is 1.21 bits per heavy atom. The van der Waals surface area contributed by atoms with Gasteiger partial charge in [0.05, 0.1) is 25.4 Å². The number of hydrogen-bond acceptors (Lipinski definition) is 11. The molecule has 1 aliphatic heterocycles. The molecule has 0 aliphatic carbocycles. The van der Waals surface area contributed by atoms with Crippen molar-refractivity contribution in [2.24, 2.45) is 0 Å². The lowest BCUT2D eigenvalue weighted by Gasteiger charge is -2.41. The number of nitrogens with one attached hydrogen (secondary N) is 1. The van der Waals surface area contributed by atoms with Gasteiger partial charge in [0.2, 0.25) is 5.91 Å². The van der Waals surface area contributed by atoms with E-state index in [4.69, 9.17) is 14.0 Å². The number of allylic oxidation sites excluding steroid dienone is 2. The number of amides is 1. The minimum absolute atomic E-state index is 0.247. The topological polar surface area (TPSA) is 212 Å². The minimum Gasteiger partial charge on any atom is -0.394 e. The van der Waals surface area contributed by atoms with Gasteiger partial charge in [0.15, 0.2) is 6.29 Å². The van der Waals surface area contributed by atoms with E-state index in [0.717, 1.165) is 51.4 Å². The fourth-order valence-electron chi connectivity index (χ4n) is 6.58. The van der Waals surface area contributed by atoms with E-state index in [-0.39, 0.29) is 6.42 Å². The largest absolute Gasteiger partial charge is 0.397 e. The zero-order valence-electron chi connectivity index (χ0n) is 32.7. The van der Waals surface area contributed by atoms with Gasteiger partial charge < -0.3 is 40.3 Å². The first kappa shape index (κ1) is 49.8. The van der Waals surface area contributed by atoms with Crippen LogP contribution in [0.25, 0.3) is 0 Å². The molecule has 0 radical (unpaired) electrons. The first-order valence-corrected chi connectivity index (χ1v) is 22.0. The zero-order valence-corrected chi connectivity index (χ0v) is 33.5. The van der Waals surface area contributed by atoms with Gasteiger partial charge in [-0.15, -0.1) is 0 Å². The molecular formula is C39H75NO12S. The van der Waals surface area contributed by atoms with Gasteiger partial charge in [-0.05, 0) is 38.5 Å². The number of ether oxygens (including phenoxy) is 2. The predicted molar refractivity (Wildman–Crippen MR) is 205 cm³/mol. The maximum atomic E-state index is 13.0. The van der Waals surface area contributed by atoms with Gasteiger partial charge in [0.1, 0.15) is 30.5 Å². The molecule has 8 unspecified atom stereocenters. The number of rotatable bonds is 34. The quantitative estimate of drug-likeness (QED) is 0.0235. The molecule has 0 aromatic heterocycles.